The topological polar surface area (TPSA) is 49.4 Å². The van der Waals surface area contributed by atoms with E-state index in [0.717, 1.165) is 38.0 Å². The Morgan fingerprint density at radius 2 is 2.09 bits per heavy atom. The molecular formula is C16H19F3N2O2. The molecular weight excluding hydrogens is 309 g/mol. The van der Waals surface area contributed by atoms with E-state index in [0.29, 0.717) is 6.04 Å². The molecule has 0 unspecified atom stereocenters. The molecule has 1 aromatic carbocycles. The first-order chi connectivity index (χ1) is 10.9. The molecule has 1 atom stereocenters. The molecule has 1 N–H and O–H groups in total. The Labute approximate surface area is 132 Å². The minimum Gasteiger partial charge on any atom is -0.333 e. The van der Waals surface area contributed by atoms with E-state index in [4.69, 9.17) is 4.79 Å². The molecule has 3 rings (SSSR count). The number of carbonyl (C=O) groups is 2. The largest absolute Gasteiger partial charge is 0.446 e. The van der Waals surface area contributed by atoms with Crippen molar-refractivity contribution in [2.75, 3.05) is 19.6 Å². The highest BCUT2D eigenvalue weighted by Crippen LogP contribution is 2.25. The molecule has 0 radical (unpaired) electrons. The number of aryl methyl sites for hydroxylation is 1. The Morgan fingerprint density at radius 3 is 2.70 bits per heavy atom. The van der Waals surface area contributed by atoms with Crippen LogP contribution in [0.1, 0.15) is 28.4 Å². The van der Waals surface area contributed by atoms with Gasteiger partial charge in [0.15, 0.2) is 0 Å². The van der Waals surface area contributed by atoms with Crippen LogP contribution >= 0.6 is 0 Å². The molecule has 0 aliphatic carbocycles. The highest BCUT2D eigenvalue weighted by Gasteiger charge is 2.33. The lowest BCUT2D eigenvalue weighted by Crippen LogP contribution is -2.56. The number of hydrogen-bond acceptors (Lipinski definition) is 3. The molecule has 2 aliphatic heterocycles. The number of piperazine rings is 1. The normalized spacial score (nSPS) is 20.1. The Kier molecular flexibility index (Phi) is 5.41. The number of carbonyl (C=O) groups excluding carboxylic acids is 2. The van der Waals surface area contributed by atoms with Crippen LogP contribution in [0.2, 0.25) is 0 Å². The van der Waals surface area contributed by atoms with E-state index in [9.17, 15) is 18.0 Å². The number of hydrogen-bond donors (Lipinski definition) is 1. The number of fused-ring (bicyclic) bond motifs is 2. The average Bonchev–Trinajstić information content (AvgIpc) is 2.55. The second kappa shape index (κ2) is 7.12. The summed E-state index contributed by atoms with van der Waals surface area (Å²) < 4.78 is 31.2. The van der Waals surface area contributed by atoms with Gasteiger partial charge in [-0.15, -0.1) is 0 Å². The lowest BCUT2D eigenvalue weighted by atomic mass is 9.90. The molecule has 1 amide bonds. The van der Waals surface area contributed by atoms with Crippen LogP contribution < -0.4 is 5.32 Å². The summed E-state index contributed by atoms with van der Waals surface area (Å²) in [6, 6.07) is 6.72. The summed E-state index contributed by atoms with van der Waals surface area (Å²) >= 11 is 0. The van der Waals surface area contributed by atoms with E-state index in [1.807, 2.05) is 4.90 Å². The zero-order valence-electron chi connectivity index (χ0n) is 12.8. The lowest BCUT2D eigenvalue weighted by molar-refractivity contribution is -0.156. The molecule has 1 fully saturated rings. The van der Waals surface area contributed by atoms with Gasteiger partial charge in [0.25, 0.3) is 5.91 Å². The maximum Gasteiger partial charge on any atom is 0.446 e. The summed E-state index contributed by atoms with van der Waals surface area (Å²) in [6.07, 6.45) is -3.71. The molecule has 126 valence electrons. The lowest BCUT2D eigenvalue weighted by Gasteiger charge is -2.40. The molecule has 4 nitrogen and oxygen atoms in total. The van der Waals surface area contributed by atoms with Gasteiger partial charge in [-0.2, -0.15) is 13.2 Å². The van der Waals surface area contributed by atoms with Gasteiger partial charge in [0.05, 0.1) is 0 Å². The summed E-state index contributed by atoms with van der Waals surface area (Å²) in [7, 11) is 0. The number of nitrogens with one attached hydrogen (secondary N) is 1. The number of alkyl halides is 3. The number of nitrogens with zero attached hydrogens (tertiary/aromatic N) is 1. The SMILES string of the molecule is CCc1ccc2c(c1)C(=O)N1CCNC[C@H]1C2.O=CC(F)(F)F. The van der Waals surface area contributed by atoms with Crippen molar-refractivity contribution in [1.29, 1.82) is 0 Å². The van der Waals surface area contributed by atoms with Gasteiger partial charge >= 0.3 is 6.18 Å². The number of rotatable bonds is 1. The van der Waals surface area contributed by atoms with E-state index < -0.39 is 12.5 Å². The first-order valence-electron chi connectivity index (χ1n) is 7.52. The van der Waals surface area contributed by atoms with Crippen LogP contribution in [0.4, 0.5) is 13.2 Å². The fourth-order valence-electron chi connectivity index (χ4n) is 2.84. The van der Waals surface area contributed by atoms with Crippen LogP contribution in [0, 0.1) is 0 Å². The highest BCUT2D eigenvalue weighted by molar-refractivity contribution is 5.97. The Bertz CT molecular complexity index is 587. The summed E-state index contributed by atoms with van der Waals surface area (Å²) in [6.45, 7) is 4.83. The zero-order chi connectivity index (χ0) is 17.0. The highest BCUT2D eigenvalue weighted by atomic mass is 19.4. The first-order valence-corrected chi connectivity index (χ1v) is 7.52. The first kappa shape index (κ1) is 17.5. The molecule has 7 heteroatoms. The Morgan fingerprint density at radius 1 is 1.39 bits per heavy atom. The second-order valence-electron chi connectivity index (χ2n) is 5.57. The third kappa shape index (κ3) is 4.31. The van der Waals surface area contributed by atoms with E-state index in [2.05, 4.69) is 30.4 Å². The zero-order valence-corrected chi connectivity index (χ0v) is 12.8. The van der Waals surface area contributed by atoms with E-state index in [1.54, 1.807) is 0 Å². The van der Waals surface area contributed by atoms with Crippen molar-refractivity contribution in [3.05, 3.63) is 34.9 Å². The maximum atomic E-state index is 12.4. The summed E-state index contributed by atoms with van der Waals surface area (Å²) in [5, 5.41) is 3.36. The van der Waals surface area contributed by atoms with Gasteiger partial charge in [-0.05, 0) is 30.0 Å². The third-order valence-corrected chi connectivity index (χ3v) is 4.01. The molecule has 0 aromatic heterocycles. The maximum absolute atomic E-state index is 12.4. The van der Waals surface area contributed by atoms with Crippen molar-refractivity contribution in [3.8, 4) is 0 Å². The molecule has 23 heavy (non-hydrogen) atoms. The summed E-state index contributed by atoms with van der Waals surface area (Å²) in [5.74, 6) is 0.230. The smallest absolute Gasteiger partial charge is 0.333 e. The molecule has 0 bridgehead atoms. The van der Waals surface area contributed by atoms with Crippen LogP contribution in [0.5, 0.6) is 0 Å². The van der Waals surface area contributed by atoms with Gasteiger partial charge in [-0.1, -0.05) is 19.1 Å². The average molecular weight is 328 g/mol. The van der Waals surface area contributed by atoms with Gasteiger partial charge in [0, 0.05) is 31.2 Å². The minimum absolute atomic E-state index is 0.230. The Balaban J connectivity index is 0.000000277. The van der Waals surface area contributed by atoms with Gasteiger partial charge in [0.2, 0.25) is 6.29 Å². The van der Waals surface area contributed by atoms with Crippen molar-refractivity contribution >= 4 is 12.2 Å². The van der Waals surface area contributed by atoms with Crippen molar-refractivity contribution in [2.24, 2.45) is 0 Å². The van der Waals surface area contributed by atoms with Crippen LogP contribution in [0.3, 0.4) is 0 Å². The number of aldehydes is 1. The van der Waals surface area contributed by atoms with Crippen LogP contribution in [0.15, 0.2) is 18.2 Å². The number of benzene rings is 1. The van der Waals surface area contributed by atoms with Crippen LogP contribution in [0.25, 0.3) is 0 Å². The number of halogens is 3. The fraction of sp³-hybridized carbons (Fsp3) is 0.500. The van der Waals surface area contributed by atoms with E-state index >= 15 is 0 Å². The molecule has 0 saturated carbocycles. The molecule has 2 heterocycles. The van der Waals surface area contributed by atoms with Crippen molar-refractivity contribution in [1.82, 2.24) is 10.2 Å². The van der Waals surface area contributed by atoms with E-state index in [1.165, 1.54) is 11.1 Å². The monoisotopic (exact) mass is 328 g/mol. The predicted octanol–water partition coefficient (Wildman–Crippen LogP) is 1.97. The molecule has 2 aliphatic rings. The molecule has 1 saturated heterocycles. The van der Waals surface area contributed by atoms with Crippen LogP contribution in [-0.4, -0.2) is 48.9 Å². The number of amides is 1. The van der Waals surface area contributed by atoms with Crippen molar-refractivity contribution in [2.45, 2.75) is 32.0 Å². The molecule has 0 spiro atoms. The third-order valence-electron chi connectivity index (χ3n) is 4.01. The Hall–Kier alpha value is -1.89. The standard InChI is InChI=1S/C14H18N2O.C2HF3O/c1-2-10-3-4-11-8-12-9-15-5-6-16(12)14(17)13(11)7-10;3-2(4,5)1-6/h3-4,7,12,15H,2,5-6,8-9H2,1H3;1H/t12-;/m1./s1. The van der Waals surface area contributed by atoms with Crippen LogP contribution in [-0.2, 0) is 17.6 Å². The summed E-state index contributed by atoms with van der Waals surface area (Å²) in [4.78, 5) is 23.2. The van der Waals surface area contributed by atoms with E-state index in [-0.39, 0.29) is 5.91 Å². The quantitative estimate of drug-likeness (QED) is 0.802. The van der Waals surface area contributed by atoms with Gasteiger partial charge in [0.1, 0.15) is 0 Å². The fourth-order valence-corrected chi connectivity index (χ4v) is 2.84. The van der Waals surface area contributed by atoms with Crippen molar-refractivity contribution < 1.29 is 22.8 Å². The minimum atomic E-state index is -4.64. The van der Waals surface area contributed by atoms with Gasteiger partial charge in [-0.3, -0.25) is 9.59 Å². The second-order valence-corrected chi connectivity index (χ2v) is 5.57. The van der Waals surface area contributed by atoms with Crippen molar-refractivity contribution in [3.63, 3.8) is 0 Å². The molecule has 1 aromatic rings. The van der Waals surface area contributed by atoms with Gasteiger partial charge in [-0.25, -0.2) is 0 Å². The predicted molar refractivity (Wildman–Crippen MR) is 79.3 cm³/mol. The summed E-state index contributed by atoms with van der Waals surface area (Å²) in [5.41, 5.74) is 3.41. The van der Waals surface area contributed by atoms with Gasteiger partial charge < -0.3 is 10.2 Å².